The Morgan fingerprint density at radius 2 is 2.06 bits per heavy atom. The number of hydrogen-bond acceptors (Lipinski definition) is 3. The summed E-state index contributed by atoms with van der Waals surface area (Å²) in [7, 11) is 2.42. The van der Waals surface area contributed by atoms with E-state index in [1.807, 2.05) is 11.6 Å². The molecule has 0 aliphatic carbocycles. The molecule has 1 heterocycles. The number of benzene rings is 1. The molecule has 0 radical (unpaired) electrons. The van der Waals surface area contributed by atoms with Crippen LogP contribution in [-0.2, 0) is 6.42 Å². The van der Waals surface area contributed by atoms with Gasteiger partial charge < -0.3 is 10.2 Å². The number of nitrogens with one attached hydrogen (secondary N) is 1. The molecule has 3 nitrogen and oxygen atoms in total. The molecular weight excluding hydrogens is 248 g/mol. The number of piperazine rings is 1. The summed E-state index contributed by atoms with van der Waals surface area (Å²) in [5, 5.41) is 11.9. The molecule has 1 aliphatic heterocycles. The van der Waals surface area contributed by atoms with Crippen LogP contribution in [0.5, 0.6) is 0 Å². The highest BCUT2D eigenvalue weighted by Crippen LogP contribution is 2.21. The third kappa shape index (κ3) is 3.94. The lowest BCUT2D eigenvalue weighted by Gasteiger charge is -2.29. The van der Waals surface area contributed by atoms with Gasteiger partial charge in [0.1, 0.15) is 5.82 Å². The molecule has 98 valence electrons. The van der Waals surface area contributed by atoms with Crippen molar-refractivity contribution < 1.29 is 4.39 Å². The molecule has 2 rings (SSSR count). The smallest absolute Gasteiger partial charge is 0.146 e. The fraction of sp³-hybridized carbons (Fsp3) is 0.462. The maximum atomic E-state index is 13.6. The van der Waals surface area contributed by atoms with Gasteiger partial charge in [0.25, 0.3) is 0 Å². The van der Waals surface area contributed by atoms with E-state index in [1.165, 1.54) is 6.07 Å². The van der Waals surface area contributed by atoms with Gasteiger partial charge in [0.15, 0.2) is 0 Å². The Balaban J connectivity index is 0.000000771. The summed E-state index contributed by atoms with van der Waals surface area (Å²) in [5.41, 5.74) is 1.49. The molecule has 18 heavy (non-hydrogen) atoms. The molecule has 1 aromatic rings. The van der Waals surface area contributed by atoms with Crippen molar-refractivity contribution in [1.29, 1.82) is 5.26 Å². The molecule has 1 atom stereocenters. The summed E-state index contributed by atoms with van der Waals surface area (Å²) < 4.78 is 13.6. The quantitative estimate of drug-likeness (QED) is 0.830. The van der Waals surface area contributed by atoms with Crippen LogP contribution in [0.3, 0.4) is 0 Å². The molecule has 0 spiro atoms. The predicted molar refractivity (Wildman–Crippen MR) is 76.4 cm³/mol. The van der Waals surface area contributed by atoms with Crippen LogP contribution >= 0.6 is 9.24 Å². The van der Waals surface area contributed by atoms with Crippen molar-refractivity contribution in [3.05, 3.63) is 29.6 Å². The third-order valence-electron chi connectivity index (χ3n) is 2.75. The zero-order valence-electron chi connectivity index (χ0n) is 10.6. The molecule has 0 amide bonds. The molecule has 0 aromatic heterocycles. The lowest BCUT2D eigenvalue weighted by atomic mass is 10.1. The van der Waals surface area contributed by atoms with Crippen LogP contribution in [0, 0.1) is 17.1 Å². The van der Waals surface area contributed by atoms with Gasteiger partial charge >= 0.3 is 0 Å². The molecule has 1 fully saturated rings. The van der Waals surface area contributed by atoms with Crippen LogP contribution in [-0.4, -0.2) is 32.8 Å². The van der Waals surface area contributed by atoms with E-state index in [0.29, 0.717) is 12.1 Å². The second-order valence-corrected chi connectivity index (χ2v) is 3.86. The molecule has 1 unspecified atom stereocenters. The van der Waals surface area contributed by atoms with Crippen molar-refractivity contribution in [2.24, 2.45) is 0 Å². The zero-order chi connectivity index (χ0) is 13.4. The summed E-state index contributed by atoms with van der Waals surface area (Å²) >= 11 is 0. The summed E-state index contributed by atoms with van der Waals surface area (Å²) in [6.45, 7) is 5.30. The molecule has 1 aliphatic rings. The normalized spacial score (nSPS) is 14.4. The van der Waals surface area contributed by atoms with Crippen LogP contribution in [0.15, 0.2) is 18.2 Å². The largest absolute Gasteiger partial charge is 0.367 e. The van der Waals surface area contributed by atoms with E-state index in [1.54, 1.807) is 12.1 Å². The first-order valence-corrected chi connectivity index (χ1v) is 7.15. The summed E-state index contributed by atoms with van der Waals surface area (Å²) in [5.74, 6) is -0.205. The Labute approximate surface area is 110 Å². The van der Waals surface area contributed by atoms with Gasteiger partial charge in [-0.2, -0.15) is 5.26 Å². The Morgan fingerprint density at radius 3 is 2.67 bits per heavy atom. The van der Waals surface area contributed by atoms with Crippen molar-refractivity contribution in [1.82, 2.24) is 5.32 Å². The minimum atomic E-state index is -0.205. The van der Waals surface area contributed by atoms with Gasteiger partial charge in [-0.05, 0) is 17.7 Å². The van der Waals surface area contributed by atoms with Crippen LogP contribution in [0.25, 0.3) is 0 Å². The standard InChI is InChI=1S/C12H14FN3.CH5P/c13-11-2-1-10(3-4-14)9-12(11)16-7-5-15-6-8-16;1-2/h1-2,9,15H,3,5-8H2;2H2,1H3. The average Bonchev–Trinajstić information content (AvgIpc) is 2.44. The SMILES string of the molecule is CP.N#CCc1ccc(F)c(N2CCNCC2)c1. The van der Waals surface area contributed by atoms with Crippen molar-refractivity contribution >= 4 is 14.9 Å². The number of rotatable bonds is 2. The van der Waals surface area contributed by atoms with Gasteiger partial charge in [-0.3, -0.25) is 0 Å². The molecule has 5 heteroatoms. The predicted octanol–water partition coefficient (Wildman–Crippen LogP) is 1.79. The van der Waals surface area contributed by atoms with E-state index in [2.05, 4.69) is 20.6 Å². The Kier molecular flexibility index (Phi) is 6.64. The van der Waals surface area contributed by atoms with Crippen LogP contribution in [0.4, 0.5) is 10.1 Å². The lowest BCUT2D eigenvalue weighted by Crippen LogP contribution is -2.43. The van der Waals surface area contributed by atoms with Crippen LogP contribution in [0.1, 0.15) is 5.56 Å². The summed E-state index contributed by atoms with van der Waals surface area (Å²) in [4.78, 5) is 2.02. The Morgan fingerprint density at radius 1 is 1.39 bits per heavy atom. The van der Waals surface area contributed by atoms with Crippen LogP contribution < -0.4 is 10.2 Å². The van der Waals surface area contributed by atoms with Crippen molar-refractivity contribution in [3.63, 3.8) is 0 Å². The van der Waals surface area contributed by atoms with Crippen molar-refractivity contribution in [2.75, 3.05) is 37.7 Å². The van der Waals surface area contributed by atoms with Gasteiger partial charge in [-0.1, -0.05) is 12.7 Å². The molecule has 0 saturated carbocycles. The van der Waals surface area contributed by atoms with Gasteiger partial charge in [-0.15, -0.1) is 9.24 Å². The van der Waals surface area contributed by atoms with Gasteiger partial charge in [0.2, 0.25) is 0 Å². The number of nitrogens with zero attached hydrogens (tertiary/aromatic N) is 2. The second kappa shape index (κ2) is 8.02. The fourth-order valence-electron chi connectivity index (χ4n) is 1.91. The average molecular weight is 267 g/mol. The van der Waals surface area contributed by atoms with Gasteiger partial charge in [0, 0.05) is 26.2 Å². The minimum absolute atomic E-state index is 0.205. The highest BCUT2D eigenvalue weighted by atomic mass is 31.0. The van der Waals surface area contributed by atoms with E-state index in [9.17, 15) is 4.39 Å². The number of nitriles is 1. The van der Waals surface area contributed by atoms with Crippen molar-refractivity contribution in [3.8, 4) is 6.07 Å². The topological polar surface area (TPSA) is 39.1 Å². The minimum Gasteiger partial charge on any atom is -0.367 e. The molecule has 1 aromatic carbocycles. The monoisotopic (exact) mass is 267 g/mol. The maximum absolute atomic E-state index is 13.6. The lowest BCUT2D eigenvalue weighted by molar-refractivity contribution is 0.566. The number of anilines is 1. The third-order valence-corrected chi connectivity index (χ3v) is 2.75. The Hall–Kier alpha value is -1.17. The highest BCUT2D eigenvalue weighted by molar-refractivity contribution is 7.15. The van der Waals surface area contributed by atoms with Gasteiger partial charge in [0.05, 0.1) is 18.2 Å². The first-order valence-electron chi connectivity index (χ1n) is 6.00. The summed E-state index contributed by atoms with van der Waals surface area (Å²) in [6.07, 6.45) is 0.333. The number of halogens is 1. The first-order chi connectivity index (χ1) is 8.81. The van der Waals surface area contributed by atoms with E-state index in [4.69, 9.17) is 5.26 Å². The van der Waals surface area contributed by atoms with Crippen LogP contribution in [0.2, 0.25) is 0 Å². The fourth-order valence-corrected chi connectivity index (χ4v) is 1.91. The maximum Gasteiger partial charge on any atom is 0.146 e. The van der Waals surface area contributed by atoms with Crippen molar-refractivity contribution in [2.45, 2.75) is 6.42 Å². The summed E-state index contributed by atoms with van der Waals surface area (Å²) in [6, 6.07) is 6.98. The highest BCUT2D eigenvalue weighted by Gasteiger charge is 2.14. The van der Waals surface area contributed by atoms with E-state index in [0.717, 1.165) is 31.7 Å². The zero-order valence-corrected chi connectivity index (χ0v) is 11.8. The second-order valence-electron chi connectivity index (χ2n) is 3.86. The van der Waals surface area contributed by atoms with Gasteiger partial charge in [-0.25, -0.2) is 4.39 Å². The molecule has 1 saturated heterocycles. The van der Waals surface area contributed by atoms with E-state index >= 15 is 0 Å². The van der Waals surface area contributed by atoms with E-state index < -0.39 is 0 Å². The Bertz CT molecular complexity index is 411. The molecule has 0 bridgehead atoms. The molecule has 1 N–H and O–H groups in total. The first kappa shape index (κ1) is 14.9. The molecular formula is C13H19FN3P. The number of hydrogen-bond donors (Lipinski definition) is 1. The van der Waals surface area contributed by atoms with E-state index in [-0.39, 0.29) is 5.82 Å².